The minimum atomic E-state index is 0.525. The highest BCUT2D eigenvalue weighted by atomic mass is 32.2. The molecule has 1 aromatic heterocycles. The Morgan fingerprint density at radius 1 is 1.07 bits per heavy atom. The van der Waals surface area contributed by atoms with Crippen LogP contribution >= 0.6 is 11.8 Å². The van der Waals surface area contributed by atoms with Gasteiger partial charge in [0, 0.05) is 35.4 Å². The van der Waals surface area contributed by atoms with E-state index < -0.39 is 0 Å². The van der Waals surface area contributed by atoms with Gasteiger partial charge in [-0.25, -0.2) is 0 Å². The largest absolute Gasteiger partial charge is 0.495 e. The standard InChI is InChI=1S/C25H29N3OS/c1-4-20(27-5-2)13-15-28-21-12-11-18(19-8-7-14-26-17-19)16-24(21)30-25-22(28)9-6-10-23(25)29-3/h6-12,14,16-17,20,27H,4-5,13,15H2,1-3H3. The number of aromatic nitrogens is 1. The van der Waals surface area contributed by atoms with Crippen LogP contribution in [-0.4, -0.2) is 31.2 Å². The molecule has 0 saturated carbocycles. The van der Waals surface area contributed by atoms with E-state index in [1.54, 1.807) is 18.9 Å². The monoisotopic (exact) mass is 419 g/mol. The second-order valence-electron chi connectivity index (χ2n) is 7.44. The Morgan fingerprint density at radius 3 is 2.70 bits per heavy atom. The number of rotatable bonds is 8. The molecule has 3 aromatic rings. The highest BCUT2D eigenvalue weighted by Gasteiger charge is 2.26. The molecule has 0 radical (unpaired) electrons. The van der Waals surface area contributed by atoms with Gasteiger partial charge in [0.1, 0.15) is 5.75 Å². The first-order valence-electron chi connectivity index (χ1n) is 10.6. The fraction of sp³-hybridized carbons (Fsp3) is 0.320. The van der Waals surface area contributed by atoms with Crippen molar-refractivity contribution in [1.82, 2.24) is 10.3 Å². The Hall–Kier alpha value is -2.50. The Morgan fingerprint density at radius 2 is 1.97 bits per heavy atom. The summed E-state index contributed by atoms with van der Waals surface area (Å²) < 4.78 is 5.71. The van der Waals surface area contributed by atoms with Crippen LogP contribution in [0.5, 0.6) is 5.75 Å². The lowest BCUT2D eigenvalue weighted by Gasteiger charge is -2.34. The average Bonchev–Trinajstić information content (AvgIpc) is 2.80. The zero-order chi connectivity index (χ0) is 20.9. The van der Waals surface area contributed by atoms with Gasteiger partial charge in [-0.05, 0) is 55.3 Å². The summed E-state index contributed by atoms with van der Waals surface area (Å²) in [5, 5.41) is 3.61. The van der Waals surface area contributed by atoms with Gasteiger partial charge in [0.2, 0.25) is 0 Å². The third-order valence-corrected chi connectivity index (χ3v) is 6.77. The predicted molar refractivity (Wildman–Crippen MR) is 126 cm³/mol. The maximum Gasteiger partial charge on any atom is 0.134 e. The van der Waals surface area contributed by atoms with Crippen molar-refractivity contribution in [2.45, 2.75) is 42.5 Å². The number of hydrogen-bond donors (Lipinski definition) is 1. The number of benzene rings is 2. The Labute approximate surface area is 183 Å². The topological polar surface area (TPSA) is 37.4 Å². The summed E-state index contributed by atoms with van der Waals surface area (Å²) in [4.78, 5) is 9.18. The number of pyridine rings is 1. The van der Waals surface area contributed by atoms with E-state index in [-0.39, 0.29) is 0 Å². The summed E-state index contributed by atoms with van der Waals surface area (Å²) in [7, 11) is 1.75. The molecule has 0 saturated heterocycles. The molecular formula is C25H29N3OS. The van der Waals surface area contributed by atoms with Crippen LogP contribution in [0.15, 0.2) is 70.7 Å². The summed E-state index contributed by atoms with van der Waals surface area (Å²) in [5.41, 5.74) is 4.82. The molecule has 1 aliphatic rings. The van der Waals surface area contributed by atoms with E-state index in [0.717, 1.165) is 37.2 Å². The molecule has 156 valence electrons. The molecule has 2 aromatic carbocycles. The SMILES string of the molecule is CCNC(CC)CCN1c2ccc(-c3cccnc3)cc2Sc2c(OC)cccc21. The highest BCUT2D eigenvalue weighted by molar-refractivity contribution is 7.99. The van der Waals surface area contributed by atoms with E-state index in [4.69, 9.17) is 4.74 Å². The lowest BCUT2D eigenvalue weighted by atomic mass is 10.1. The zero-order valence-corrected chi connectivity index (χ0v) is 18.7. The normalized spacial score (nSPS) is 13.5. The Bertz CT molecular complexity index is 993. The van der Waals surface area contributed by atoms with Crippen molar-refractivity contribution < 1.29 is 4.74 Å². The number of fused-ring (bicyclic) bond motifs is 2. The summed E-state index contributed by atoms with van der Waals surface area (Å²) >= 11 is 1.79. The first-order valence-corrected chi connectivity index (χ1v) is 11.5. The van der Waals surface area contributed by atoms with Crippen LogP contribution in [0.4, 0.5) is 11.4 Å². The molecule has 0 fully saturated rings. The van der Waals surface area contributed by atoms with Gasteiger partial charge in [0.25, 0.3) is 0 Å². The molecule has 2 heterocycles. The van der Waals surface area contributed by atoms with Crippen LogP contribution < -0.4 is 15.0 Å². The number of anilines is 2. The van der Waals surface area contributed by atoms with Gasteiger partial charge in [-0.15, -0.1) is 0 Å². The van der Waals surface area contributed by atoms with Crippen LogP contribution in [-0.2, 0) is 0 Å². The average molecular weight is 420 g/mol. The van der Waals surface area contributed by atoms with Gasteiger partial charge in [0.05, 0.1) is 23.4 Å². The lowest BCUT2D eigenvalue weighted by molar-refractivity contribution is 0.404. The molecule has 5 heteroatoms. The highest BCUT2D eigenvalue weighted by Crippen LogP contribution is 2.52. The Balaban J connectivity index is 1.73. The number of nitrogens with zero attached hydrogens (tertiary/aromatic N) is 2. The fourth-order valence-corrected chi connectivity index (χ4v) is 5.24. The third kappa shape index (κ3) is 4.18. The number of ether oxygens (including phenoxy) is 1. The first-order chi connectivity index (χ1) is 14.7. The molecule has 30 heavy (non-hydrogen) atoms. The van der Waals surface area contributed by atoms with E-state index in [0.29, 0.717) is 6.04 Å². The molecule has 1 unspecified atom stereocenters. The number of nitrogens with one attached hydrogen (secondary N) is 1. The predicted octanol–water partition coefficient (Wildman–Crippen LogP) is 6.14. The van der Waals surface area contributed by atoms with Gasteiger partial charge >= 0.3 is 0 Å². The van der Waals surface area contributed by atoms with Crippen molar-refractivity contribution >= 4 is 23.1 Å². The van der Waals surface area contributed by atoms with Crippen molar-refractivity contribution in [2.75, 3.05) is 25.1 Å². The fourth-order valence-electron chi connectivity index (χ4n) is 4.02. The second-order valence-corrected chi connectivity index (χ2v) is 8.49. The summed E-state index contributed by atoms with van der Waals surface area (Å²) in [5.74, 6) is 0.929. The maximum atomic E-state index is 5.71. The zero-order valence-electron chi connectivity index (χ0n) is 17.9. The van der Waals surface area contributed by atoms with Gasteiger partial charge in [0.15, 0.2) is 0 Å². The Kier molecular flexibility index (Phi) is 6.60. The molecule has 0 bridgehead atoms. The van der Waals surface area contributed by atoms with Gasteiger partial charge in [-0.2, -0.15) is 0 Å². The van der Waals surface area contributed by atoms with Crippen molar-refractivity contribution in [2.24, 2.45) is 0 Å². The van der Waals surface area contributed by atoms with E-state index in [1.807, 2.05) is 24.5 Å². The summed E-state index contributed by atoms with van der Waals surface area (Å²) in [6, 6.07) is 17.7. The van der Waals surface area contributed by atoms with Crippen LogP contribution in [0.2, 0.25) is 0 Å². The van der Waals surface area contributed by atoms with E-state index in [2.05, 4.69) is 65.4 Å². The lowest BCUT2D eigenvalue weighted by Crippen LogP contribution is -2.33. The molecule has 1 atom stereocenters. The van der Waals surface area contributed by atoms with E-state index in [1.165, 1.54) is 26.7 Å². The molecule has 4 nitrogen and oxygen atoms in total. The third-order valence-electron chi connectivity index (χ3n) is 5.61. The van der Waals surface area contributed by atoms with Gasteiger partial charge < -0.3 is 15.0 Å². The van der Waals surface area contributed by atoms with Crippen LogP contribution in [0, 0.1) is 0 Å². The smallest absolute Gasteiger partial charge is 0.134 e. The van der Waals surface area contributed by atoms with Crippen LogP contribution in [0.3, 0.4) is 0 Å². The van der Waals surface area contributed by atoms with Crippen molar-refractivity contribution in [3.8, 4) is 16.9 Å². The van der Waals surface area contributed by atoms with Crippen molar-refractivity contribution in [3.63, 3.8) is 0 Å². The molecule has 0 amide bonds. The number of hydrogen-bond acceptors (Lipinski definition) is 5. The number of methoxy groups -OCH3 is 1. The molecule has 1 N–H and O–H groups in total. The summed E-state index contributed by atoms with van der Waals surface area (Å²) in [6.07, 6.45) is 5.96. The second kappa shape index (κ2) is 9.54. The van der Waals surface area contributed by atoms with Crippen molar-refractivity contribution in [3.05, 3.63) is 60.9 Å². The van der Waals surface area contributed by atoms with Crippen molar-refractivity contribution in [1.29, 1.82) is 0 Å². The van der Waals surface area contributed by atoms with Crippen LogP contribution in [0.1, 0.15) is 26.7 Å². The summed E-state index contributed by atoms with van der Waals surface area (Å²) in [6.45, 7) is 6.40. The van der Waals surface area contributed by atoms with E-state index >= 15 is 0 Å². The maximum absolute atomic E-state index is 5.71. The quantitative estimate of drug-likeness (QED) is 0.475. The van der Waals surface area contributed by atoms with Crippen LogP contribution in [0.25, 0.3) is 11.1 Å². The molecule has 1 aliphatic heterocycles. The molecule has 0 aliphatic carbocycles. The molecular weight excluding hydrogens is 390 g/mol. The minimum Gasteiger partial charge on any atom is -0.495 e. The first kappa shape index (κ1) is 20.8. The minimum absolute atomic E-state index is 0.525. The molecule has 0 spiro atoms. The van der Waals surface area contributed by atoms with Gasteiger partial charge in [-0.1, -0.05) is 43.8 Å². The molecule has 4 rings (SSSR count). The van der Waals surface area contributed by atoms with E-state index in [9.17, 15) is 0 Å². The van der Waals surface area contributed by atoms with Gasteiger partial charge in [-0.3, -0.25) is 4.98 Å².